The van der Waals surface area contributed by atoms with Gasteiger partial charge in [0.1, 0.15) is 5.82 Å². The Morgan fingerprint density at radius 3 is 2.75 bits per heavy atom. The van der Waals surface area contributed by atoms with E-state index >= 15 is 0 Å². The van der Waals surface area contributed by atoms with Gasteiger partial charge in [-0.05, 0) is 30.9 Å². The zero-order valence-electron chi connectivity index (χ0n) is 11.2. The van der Waals surface area contributed by atoms with E-state index in [9.17, 15) is 14.7 Å². The van der Waals surface area contributed by atoms with E-state index in [0.717, 1.165) is 6.42 Å². The molecule has 5 nitrogen and oxygen atoms in total. The van der Waals surface area contributed by atoms with Crippen molar-refractivity contribution in [3.05, 3.63) is 23.4 Å². The van der Waals surface area contributed by atoms with Crippen LogP contribution in [0.25, 0.3) is 0 Å². The molecular weight excluding hydrogens is 280 g/mol. The first-order valence-corrected chi connectivity index (χ1v) is 7.04. The molecule has 0 saturated heterocycles. The third-order valence-electron chi connectivity index (χ3n) is 3.86. The van der Waals surface area contributed by atoms with Crippen molar-refractivity contribution in [3.8, 4) is 0 Å². The first-order valence-electron chi connectivity index (χ1n) is 6.66. The minimum Gasteiger partial charge on any atom is -0.481 e. The summed E-state index contributed by atoms with van der Waals surface area (Å²) in [5, 5.41) is 12.4. The highest BCUT2D eigenvalue weighted by Gasteiger charge is 2.42. The van der Waals surface area contributed by atoms with Crippen LogP contribution in [0.1, 0.15) is 26.2 Å². The van der Waals surface area contributed by atoms with Crippen LogP contribution in [0.3, 0.4) is 0 Å². The number of nitrogens with zero attached hydrogens (tertiary/aromatic N) is 1. The van der Waals surface area contributed by atoms with Gasteiger partial charge < -0.3 is 10.4 Å². The predicted molar refractivity (Wildman–Crippen MR) is 75.5 cm³/mol. The Kier molecular flexibility index (Phi) is 4.60. The maximum atomic E-state index is 12.2. The molecule has 0 bridgehead atoms. The van der Waals surface area contributed by atoms with Gasteiger partial charge in [-0.25, -0.2) is 4.98 Å². The second kappa shape index (κ2) is 6.22. The van der Waals surface area contributed by atoms with Crippen LogP contribution in [-0.4, -0.2) is 22.0 Å². The van der Waals surface area contributed by atoms with Crippen molar-refractivity contribution in [2.24, 2.45) is 17.8 Å². The molecule has 1 heterocycles. The van der Waals surface area contributed by atoms with Crippen molar-refractivity contribution in [1.29, 1.82) is 0 Å². The van der Waals surface area contributed by atoms with Crippen molar-refractivity contribution in [1.82, 2.24) is 4.98 Å². The Hall–Kier alpha value is -1.62. The molecule has 0 radical (unpaired) electrons. The number of hydrogen-bond acceptors (Lipinski definition) is 3. The first kappa shape index (κ1) is 14.8. The Labute approximate surface area is 122 Å². The highest BCUT2D eigenvalue weighted by Crippen LogP contribution is 2.38. The minimum atomic E-state index is -0.903. The van der Waals surface area contributed by atoms with Gasteiger partial charge in [0.25, 0.3) is 0 Å². The number of carboxylic acids is 1. The normalized spacial score (nSPS) is 25.4. The summed E-state index contributed by atoms with van der Waals surface area (Å²) < 4.78 is 0. The Balaban J connectivity index is 2.09. The van der Waals surface area contributed by atoms with Crippen LogP contribution in [0, 0.1) is 17.8 Å². The molecule has 1 fully saturated rings. The number of halogens is 1. The third-order valence-corrected chi connectivity index (χ3v) is 4.10. The number of anilines is 1. The Morgan fingerprint density at radius 2 is 2.15 bits per heavy atom. The zero-order chi connectivity index (χ0) is 14.7. The van der Waals surface area contributed by atoms with Crippen LogP contribution >= 0.6 is 11.6 Å². The van der Waals surface area contributed by atoms with Crippen molar-refractivity contribution >= 4 is 29.3 Å². The average Bonchev–Trinajstić information content (AvgIpc) is 2.83. The Morgan fingerprint density at radius 1 is 1.45 bits per heavy atom. The molecule has 0 aromatic carbocycles. The van der Waals surface area contributed by atoms with E-state index in [1.807, 2.05) is 6.92 Å². The van der Waals surface area contributed by atoms with E-state index < -0.39 is 17.8 Å². The number of rotatable bonds is 4. The topological polar surface area (TPSA) is 79.3 Å². The fraction of sp³-hybridized carbons (Fsp3) is 0.500. The van der Waals surface area contributed by atoms with E-state index in [1.165, 1.54) is 6.20 Å². The minimum absolute atomic E-state index is 0.289. The summed E-state index contributed by atoms with van der Waals surface area (Å²) in [7, 11) is 0. The number of amides is 1. The maximum absolute atomic E-state index is 12.2. The number of aliphatic carboxylic acids is 1. The van der Waals surface area contributed by atoms with Gasteiger partial charge in [-0.2, -0.15) is 0 Å². The van der Waals surface area contributed by atoms with Gasteiger partial charge in [-0.1, -0.05) is 24.9 Å². The van der Waals surface area contributed by atoms with Crippen molar-refractivity contribution < 1.29 is 14.7 Å². The summed E-state index contributed by atoms with van der Waals surface area (Å²) in [5.41, 5.74) is 0. The lowest BCUT2D eigenvalue weighted by molar-refractivity contribution is -0.145. The van der Waals surface area contributed by atoms with Gasteiger partial charge in [0, 0.05) is 11.2 Å². The van der Waals surface area contributed by atoms with E-state index in [-0.39, 0.29) is 5.91 Å². The van der Waals surface area contributed by atoms with Gasteiger partial charge in [0.2, 0.25) is 5.91 Å². The lowest BCUT2D eigenvalue weighted by atomic mass is 9.95. The third kappa shape index (κ3) is 3.28. The number of nitrogens with one attached hydrogen (secondary N) is 1. The molecule has 20 heavy (non-hydrogen) atoms. The molecule has 0 spiro atoms. The lowest BCUT2D eigenvalue weighted by Crippen LogP contribution is -2.30. The average molecular weight is 297 g/mol. The number of hydrogen-bond donors (Lipinski definition) is 2. The summed E-state index contributed by atoms with van der Waals surface area (Å²) in [4.78, 5) is 27.5. The SMILES string of the molecule is CCC1C[C@H](C(=O)Nc2cc(Cl)ccn2)[C@H](C(=O)O)C1. The predicted octanol–water partition coefficient (Wildman–Crippen LogP) is 2.81. The summed E-state index contributed by atoms with van der Waals surface area (Å²) >= 11 is 5.83. The van der Waals surface area contributed by atoms with E-state index in [2.05, 4.69) is 10.3 Å². The second-order valence-corrected chi connectivity index (χ2v) is 5.58. The number of carboxylic acid groups (broad SMARTS) is 1. The van der Waals surface area contributed by atoms with E-state index in [4.69, 9.17) is 11.6 Å². The summed E-state index contributed by atoms with van der Waals surface area (Å²) in [6, 6.07) is 3.15. The van der Waals surface area contributed by atoms with Gasteiger partial charge in [0.05, 0.1) is 11.8 Å². The first-order chi connectivity index (χ1) is 9.51. The summed E-state index contributed by atoms with van der Waals surface area (Å²) in [5.74, 6) is -1.66. The molecule has 108 valence electrons. The molecule has 2 rings (SSSR count). The molecular formula is C14H17ClN2O3. The molecule has 2 N–H and O–H groups in total. The summed E-state index contributed by atoms with van der Waals surface area (Å²) in [6.45, 7) is 2.02. The fourth-order valence-corrected chi connectivity index (χ4v) is 2.89. The molecule has 3 atom stereocenters. The smallest absolute Gasteiger partial charge is 0.307 e. The van der Waals surface area contributed by atoms with Crippen molar-refractivity contribution in [2.75, 3.05) is 5.32 Å². The van der Waals surface area contributed by atoms with E-state index in [1.54, 1.807) is 12.1 Å². The van der Waals surface area contributed by atoms with Crippen LogP contribution in [0.4, 0.5) is 5.82 Å². The molecule has 0 aliphatic heterocycles. The standard InChI is InChI=1S/C14H17ClN2O3/c1-2-8-5-10(11(6-8)14(19)20)13(18)17-12-7-9(15)3-4-16-12/h3-4,7-8,10-11H,2,5-6H2,1H3,(H,19,20)(H,16,17,18)/t8?,10-,11+/m0/s1. The summed E-state index contributed by atoms with van der Waals surface area (Å²) in [6.07, 6.45) is 3.56. The molecule has 1 aromatic heterocycles. The number of aromatic nitrogens is 1. The van der Waals surface area contributed by atoms with Crippen LogP contribution in [0.5, 0.6) is 0 Å². The molecule has 1 aliphatic carbocycles. The van der Waals surface area contributed by atoms with Gasteiger partial charge in [-0.15, -0.1) is 0 Å². The van der Waals surface area contributed by atoms with Crippen molar-refractivity contribution in [2.45, 2.75) is 26.2 Å². The zero-order valence-corrected chi connectivity index (χ0v) is 11.9. The van der Waals surface area contributed by atoms with Gasteiger partial charge in [0.15, 0.2) is 0 Å². The molecule has 1 aliphatic rings. The largest absolute Gasteiger partial charge is 0.481 e. The van der Waals surface area contributed by atoms with Crippen LogP contribution in [0.2, 0.25) is 5.02 Å². The molecule has 1 saturated carbocycles. The van der Waals surface area contributed by atoms with Crippen molar-refractivity contribution in [3.63, 3.8) is 0 Å². The van der Waals surface area contributed by atoms with Crippen LogP contribution in [-0.2, 0) is 9.59 Å². The lowest BCUT2D eigenvalue weighted by Gasteiger charge is -2.15. The Bertz CT molecular complexity index is 521. The van der Waals surface area contributed by atoms with Crippen LogP contribution in [0.15, 0.2) is 18.3 Å². The van der Waals surface area contributed by atoms with Crippen LogP contribution < -0.4 is 5.32 Å². The number of pyridine rings is 1. The monoisotopic (exact) mass is 296 g/mol. The number of carbonyl (C=O) groups excluding carboxylic acids is 1. The molecule has 1 amide bonds. The van der Waals surface area contributed by atoms with Gasteiger partial charge in [-0.3, -0.25) is 9.59 Å². The highest BCUT2D eigenvalue weighted by atomic mass is 35.5. The van der Waals surface area contributed by atoms with E-state index in [0.29, 0.717) is 29.6 Å². The fourth-order valence-electron chi connectivity index (χ4n) is 2.73. The maximum Gasteiger partial charge on any atom is 0.307 e. The molecule has 1 unspecified atom stereocenters. The highest BCUT2D eigenvalue weighted by molar-refractivity contribution is 6.30. The molecule has 1 aromatic rings. The quantitative estimate of drug-likeness (QED) is 0.895. The van der Waals surface area contributed by atoms with Gasteiger partial charge >= 0.3 is 5.97 Å². The number of carbonyl (C=O) groups is 2. The second-order valence-electron chi connectivity index (χ2n) is 5.15. The molecule has 6 heteroatoms.